The molecule has 2 aliphatic rings. The lowest BCUT2D eigenvalue weighted by Crippen LogP contribution is -2.48. The largest absolute Gasteiger partial charge is 0.341 e. The molecular formula is C30H35F2N5O4. The summed E-state index contributed by atoms with van der Waals surface area (Å²) in [7, 11) is 1.69. The molecule has 3 heterocycles. The zero-order valence-electron chi connectivity index (χ0n) is 23.1. The molecule has 1 unspecified atom stereocenters. The first-order chi connectivity index (χ1) is 19.6. The second kappa shape index (κ2) is 11.9. The third-order valence-corrected chi connectivity index (χ3v) is 8.44. The third-order valence-electron chi connectivity index (χ3n) is 8.44. The summed E-state index contributed by atoms with van der Waals surface area (Å²) in [5.41, 5.74) is 8.84. The Bertz CT molecular complexity index is 1540. The first kappa shape index (κ1) is 28.7. The van der Waals surface area contributed by atoms with Crippen LogP contribution in [-0.2, 0) is 34.3 Å². The maximum Gasteiger partial charge on any atom is 0.329 e. The molecule has 5 rings (SSSR count). The highest BCUT2D eigenvalue weighted by Gasteiger charge is 2.31. The van der Waals surface area contributed by atoms with Crippen molar-refractivity contribution in [2.24, 2.45) is 18.7 Å². The van der Waals surface area contributed by atoms with Gasteiger partial charge in [0.25, 0.3) is 0 Å². The van der Waals surface area contributed by atoms with Crippen LogP contribution in [0.5, 0.6) is 0 Å². The normalized spacial score (nSPS) is 19.0. The standard InChI is InChI=1S/C30H35F2N5O4/c1-35-26-17-19(6-8-24(26)37(30(35)41)25-9-10-27(38)34-28(25)39)4-2-3-18-11-13-36(14-12-18)29(40)23(33)16-20-5-7-21(31)22(32)15-20/h5-8,15,17-18,23,25H,2-4,9-14,16,33H2,1H3,(H,34,38,39)/t23-,25?/m0/s1. The second-order valence-corrected chi connectivity index (χ2v) is 11.2. The maximum atomic E-state index is 13.5. The van der Waals surface area contributed by atoms with E-state index in [2.05, 4.69) is 5.32 Å². The number of carbonyl (C=O) groups is 3. The average molecular weight is 568 g/mol. The molecule has 2 fully saturated rings. The van der Waals surface area contributed by atoms with Crippen LogP contribution in [0.3, 0.4) is 0 Å². The summed E-state index contributed by atoms with van der Waals surface area (Å²) >= 11 is 0. The van der Waals surface area contributed by atoms with Gasteiger partial charge in [-0.2, -0.15) is 0 Å². The number of hydrogen-bond acceptors (Lipinski definition) is 5. The zero-order chi connectivity index (χ0) is 29.3. The molecule has 0 radical (unpaired) electrons. The minimum atomic E-state index is -0.947. The molecule has 0 bridgehead atoms. The fourth-order valence-corrected chi connectivity index (χ4v) is 6.07. The molecule has 2 aliphatic heterocycles. The van der Waals surface area contributed by atoms with Crippen LogP contribution in [0.1, 0.15) is 55.7 Å². The van der Waals surface area contributed by atoms with E-state index in [-0.39, 0.29) is 30.3 Å². The Morgan fingerprint density at radius 1 is 1.00 bits per heavy atom. The number of likely N-dealkylation sites (tertiary alicyclic amines) is 1. The van der Waals surface area contributed by atoms with Crippen LogP contribution < -0.4 is 16.7 Å². The number of halogens is 2. The second-order valence-electron chi connectivity index (χ2n) is 11.2. The van der Waals surface area contributed by atoms with E-state index in [9.17, 15) is 28.0 Å². The van der Waals surface area contributed by atoms with Crippen molar-refractivity contribution < 1.29 is 23.2 Å². The maximum absolute atomic E-state index is 13.5. The quantitative estimate of drug-likeness (QED) is 0.406. The van der Waals surface area contributed by atoms with Gasteiger partial charge >= 0.3 is 5.69 Å². The van der Waals surface area contributed by atoms with Gasteiger partial charge in [0.15, 0.2) is 11.6 Å². The number of rotatable bonds is 8. The number of hydrogen-bond donors (Lipinski definition) is 2. The molecule has 11 heteroatoms. The first-order valence-corrected chi connectivity index (χ1v) is 14.1. The van der Waals surface area contributed by atoms with Crippen molar-refractivity contribution in [2.45, 2.75) is 63.5 Å². The monoisotopic (exact) mass is 567 g/mol. The van der Waals surface area contributed by atoms with Crippen LogP contribution in [0, 0.1) is 17.6 Å². The fourth-order valence-electron chi connectivity index (χ4n) is 6.07. The van der Waals surface area contributed by atoms with Gasteiger partial charge in [-0.05, 0) is 86.3 Å². The Morgan fingerprint density at radius 3 is 2.44 bits per heavy atom. The van der Waals surface area contributed by atoms with Crippen LogP contribution >= 0.6 is 0 Å². The van der Waals surface area contributed by atoms with Crippen molar-refractivity contribution in [1.29, 1.82) is 0 Å². The number of aromatic nitrogens is 2. The van der Waals surface area contributed by atoms with Gasteiger partial charge in [0.2, 0.25) is 17.7 Å². The molecule has 0 spiro atoms. The van der Waals surface area contributed by atoms with Crippen molar-refractivity contribution in [2.75, 3.05) is 13.1 Å². The van der Waals surface area contributed by atoms with Gasteiger partial charge in [0, 0.05) is 26.6 Å². The van der Waals surface area contributed by atoms with Crippen molar-refractivity contribution in [3.63, 3.8) is 0 Å². The number of nitrogens with one attached hydrogen (secondary N) is 1. The molecule has 2 saturated heterocycles. The number of carbonyl (C=O) groups excluding carboxylic acids is 3. The van der Waals surface area contributed by atoms with Crippen molar-refractivity contribution in [3.8, 4) is 0 Å². The molecule has 0 aliphatic carbocycles. The van der Waals surface area contributed by atoms with Crippen molar-refractivity contribution >= 4 is 28.8 Å². The zero-order valence-corrected chi connectivity index (χ0v) is 23.1. The van der Waals surface area contributed by atoms with Gasteiger partial charge in [0.05, 0.1) is 17.1 Å². The average Bonchev–Trinajstić information content (AvgIpc) is 3.20. The summed E-state index contributed by atoms with van der Waals surface area (Å²) < 4.78 is 29.7. The summed E-state index contributed by atoms with van der Waals surface area (Å²) in [5, 5.41) is 2.33. The molecule has 9 nitrogen and oxygen atoms in total. The number of fused-ring (bicyclic) bond motifs is 1. The van der Waals surface area contributed by atoms with Gasteiger partial charge in [-0.25, -0.2) is 13.6 Å². The number of benzene rings is 2. The summed E-state index contributed by atoms with van der Waals surface area (Å²) in [5.74, 6) is -2.32. The molecule has 3 amide bonds. The molecule has 218 valence electrons. The molecule has 2 aromatic carbocycles. The first-order valence-electron chi connectivity index (χ1n) is 14.1. The number of imide groups is 1. The SMILES string of the molecule is Cn1c(=O)n(C2CCC(=O)NC2=O)c2ccc(CCCC3CCN(C(=O)[C@@H](N)Cc4ccc(F)c(F)c4)CC3)cc21. The lowest BCUT2D eigenvalue weighted by atomic mass is 9.90. The summed E-state index contributed by atoms with van der Waals surface area (Å²) in [6, 6.07) is 7.94. The molecule has 2 atom stereocenters. The molecule has 41 heavy (non-hydrogen) atoms. The molecular weight excluding hydrogens is 532 g/mol. The molecule has 3 aromatic rings. The number of aryl methyl sites for hydroxylation is 2. The minimum Gasteiger partial charge on any atom is -0.341 e. The van der Waals surface area contributed by atoms with E-state index in [4.69, 9.17) is 5.73 Å². The van der Waals surface area contributed by atoms with E-state index in [1.54, 1.807) is 16.5 Å². The van der Waals surface area contributed by atoms with Crippen LogP contribution in [0.4, 0.5) is 8.78 Å². The number of nitrogens with zero attached hydrogens (tertiary/aromatic N) is 3. The van der Waals surface area contributed by atoms with Gasteiger partial charge < -0.3 is 10.6 Å². The van der Waals surface area contributed by atoms with E-state index < -0.39 is 29.6 Å². The van der Waals surface area contributed by atoms with E-state index in [1.165, 1.54) is 10.6 Å². The van der Waals surface area contributed by atoms with Gasteiger partial charge in [-0.3, -0.25) is 28.8 Å². The van der Waals surface area contributed by atoms with E-state index in [0.717, 1.165) is 55.3 Å². The predicted octanol–water partition coefficient (Wildman–Crippen LogP) is 2.73. The Labute approximate surface area is 236 Å². The number of amides is 3. The predicted molar refractivity (Wildman–Crippen MR) is 149 cm³/mol. The molecule has 3 N–H and O–H groups in total. The number of imidazole rings is 1. The number of nitrogens with two attached hydrogens (primary N) is 1. The highest BCUT2D eigenvalue weighted by molar-refractivity contribution is 6.00. The lowest BCUT2D eigenvalue weighted by molar-refractivity contribution is -0.136. The Morgan fingerprint density at radius 2 is 1.73 bits per heavy atom. The van der Waals surface area contributed by atoms with Crippen LogP contribution in [0.25, 0.3) is 11.0 Å². The van der Waals surface area contributed by atoms with Gasteiger partial charge in [-0.15, -0.1) is 0 Å². The smallest absolute Gasteiger partial charge is 0.329 e. The summed E-state index contributed by atoms with van der Waals surface area (Å²) in [6.07, 6.45) is 5.23. The fraction of sp³-hybridized carbons (Fsp3) is 0.467. The molecule has 1 aromatic heterocycles. The van der Waals surface area contributed by atoms with Gasteiger partial charge in [0.1, 0.15) is 6.04 Å². The van der Waals surface area contributed by atoms with Gasteiger partial charge in [-0.1, -0.05) is 12.1 Å². The van der Waals surface area contributed by atoms with Crippen LogP contribution in [-0.4, -0.2) is 50.9 Å². The molecule has 0 saturated carbocycles. The summed E-state index contributed by atoms with van der Waals surface area (Å²) in [6.45, 7) is 1.24. The van der Waals surface area contributed by atoms with Crippen LogP contribution in [0.15, 0.2) is 41.2 Å². The van der Waals surface area contributed by atoms with E-state index >= 15 is 0 Å². The Kier molecular flexibility index (Phi) is 8.35. The topological polar surface area (TPSA) is 119 Å². The summed E-state index contributed by atoms with van der Waals surface area (Å²) in [4.78, 5) is 51.5. The van der Waals surface area contributed by atoms with E-state index in [0.29, 0.717) is 36.5 Å². The van der Waals surface area contributed by atoms with E-state index in [1.807, 2.05) is 18.2 Å². The highest BCUT2D eigenvalue weighted by Crippen LogP contribution is 2.26. The third kappa shape index (κ3) is 6.09. The Hall–Kier alpha value is -3.86. The lowest BCUT2D eigenvalue weighted by Gasteiger charge is -2.33. The van der Waals surface area contributed by atoms with Crippen molar-refractivity contribution in [1.82, 2.24) is 19.4 Å². The van der Waals surface area contributed by atoms with Crippen molar-refractivity contribution in [3.05, 3.63) is 69.6 Å². The minimum absolute atomic E-state index is 0.156. The Balaban J connectivity index is 1.12. The van der Waals surface area contributed by atoms with Crippen LogP contribution in [0.2, 0.25) is 0 Å². The highest BCUT2D eigenvalue weighted by atomic mass is 19.2. The number of piperidine rings is 2.